The van der Waals surface area contributed by atoms with E-state index < -0.39 is 0 Å². The van der Waals surface area contributed by atoms with E-state index in [9.17, 15) is 0 Å². The van der Waals surface area contributed by atoms with Crippen LogP contribution in [0.3, 0.4) is 0 Å². The van der Waals surface area contributed by atoms with E-state index in [-0.39, 0.29) is 0 Å². The molecule has 3 heteroatoms. The maximum atomic E-state index is 4.59. The molecule has 0 N–H and O–H groups in total. The molecular weight excluding hydrogens is 234 g/mol. The van der Waals surface area contributed by atoms with Crippen LogP contribution in [-0.2, 0) is 13.0 Å². The highest BCUT2D eigenvalue weighted by molar-refractivity contribution is 5.80. The first-order valence-corrected chi connectivity index (χ1v) is 6.75. The summed E-state index contributed by atoms with van der Waals surface area (Å²) < 4.78 is 2.14. The Bertz CT molecular complexity index is 587. The smallest absolute Gasteiger partial charge is 0.169 e. The van der Waals surface area contributed by atoms with E-state index >= 15 is 0 Å². The summed E-state index contributed by atoms with van der Waals surface area (Å²) in [5.74, 6) is 0. The molecule has 96 valence electrons. The predicted octanol–water partition coefficient (Wildman–Crippen LogP) is 2.39. The lowest BCUT2D eigenvalue weighted by Gasteiger charge is -2.11. The summed E-state index contributed by atoms with van der Waals surface area (Å²) in [5, 5.41) is 6.67. The molecule has 0 aliphatic carbocycles. The van der Waals surface area contributed by atoms with Crippen molar-refractivity contribution in [2.75, 3.05) is 11.6 Å². The fourth-order valence-electron chi connectivity index (χ4n) is 2.34. The van der Waals surface area contributed by atoms with Crippen LogP contribution < -0.4 is 9.58 Å². The Morgan fingerprint density at radius 1 is 1.21 bits per heavy atom. The quantitative estimate of drug-likeness (QED) is 0.606. The van der Waals surface area contributed by atoms with E-state index in [2.05, 4.69) is 70.4 Å². The first-order valence-electron chi connectivity index (χ1n) is 6.75. The molecule has 1 aliphatic rings. The van der Waals surface area contributed by atoms with Crippen LogP contribution in [0.5, 0.6) is 0 Å². The number of hydrogen-bond donors (Lipinski definition) is 0. The van der Waals surface area contributed by atoms with Gasteiger partial charge in [0.05, 0.1) is 11.9 Å². The van der Waals surface area contributed by atoms with Gasteiger partial charge < -0.3 is 0 Å². The first-order chi connectivity index (χ1) is 9.36. The van der Waals surface area contributed by atoms with Gasteiger partial charge in [-0.2, -0.15) is 5.10 Å². The number of para-hydroxylation sites is 1. The zero-order valence-corrected chi connectivity index (χ0v) is 11.2. The molecule has 1 aromatic carbocycles. The lowest BCUT2D eigenvalue weighted by Crippen LogP contribution is -2.30. The fraction of sp³-hybridized carbons (Fsp3) is 0.250. The molecule has 0 saturated heterocycles. The largest absolute Gasteiger partial charge is 0.265 e. The SMILES string of the molecule is CC[n+]1ccc(/C=N/N2CCc3ccccc32)cc1. The van der Waals surface area contributed by atoms with E-state index in [1.54, 1.807) is 0 Å². The number of pyridine rings is 1. The highest BCUT2D eigenvalue weighted by atomic mass is 15.5. The molecule has 0 amide bonds. The van der Waals surface area contributed by atoms with Crippen LogP contribution in [0.1, 0.15) is 18.1 Å². The summed E-state index contributed by atoms with van der Waals surface area (Å²) >= 11 is 0. The Morgan fingerprint density at radius 3 is 2.79 bits per heavy atom. The summed E-state index contributed by atoms with van der Waals surface area (Å²) in [4.78, 5) is 0. The average Bonchev–Trinajstić information content (AvgIpc) is 2.89. The molecule has 0 fully saturated rings. The van der Waals surface area contributed by atoms with Crippen molar-refractivity contribution in [3.8, 4) is 0 Å². The fourth-order valence-corrected chi connectivity index (χ4v) is 2.34. The van der Waals surface area contributed by atoms with Crippen LogP contribution in [0.15, 0.2) is 53.9 Å². The molecule has 1 aliphatic heterocycles. The van der Waals surface area contributed by atoms with Crippen molar-refractivity contribution in [3.63, 3.8) is 0 Å². The summed E-state index contributed by atoms with van der Waals surface area (Å²) in [5.41, 5.74) is 3.75. The van der Waals surface area contributed by atoms with Crippen molar-refractivity contribution >= 4 is 11.9 Å². The van der Waals surface area contributed by atoms with Gasteiger partial charge in [0.1, 0.15) is 6.54 Å². The van der Waals surface area contributed by atoms with Crippen LogP contribution in [0.4, 0.5) is 5.69 Å². The summed E-state index contributed by atoms with van der Waals surface area (Å²) in [6.45, 7) is 4.10. The monoisotopic (exact) mass is 252 g/mol. The zero-order chi connectivity index (χ0) is 13.1. The second-order valence-electron chi connectivity index (χ2n) is 4.71. The third kappa shape index (κ3) is 2.50. The number of rotatable bonds is 3. The van der Waals surface area contributed by atoms with Crippen molar-refractivity contribution in [3.05, 3.63) is 59.9 Å². The van der Waals surface area contributed by atoms with Crippen molar-refractivity contribution in [1.82, 2.24) is 0 Å². The minimum atomic E-state index is 0.970. The number of hydrogen-bond acceptors (Lipinski definition) is 2. The molecule has 2 aromatic rings. The van der Waals surface area contributed by atoms with Crippen molar-refractivity contribution in [2.24, 2.45) is 5.10 Å². The zero-order valence-electron chi connectivity index (χ0n) is 11.2. The second kappa shape index (κ2) is 5.22. The normalized spacial score (nSPS) is 14.1. The molecule has 0 bridgehead atoms. The van der Waals surface area contributed by atoms with Gasteiger partial charge in [-0.1, -0.05) is 18.2 Å². The van der Waals surface area contributed by atoms with Crippen LogP contribution in [0.25, 0.3) is 0 Å². The van der Waals surface area contributed by atoms with E-state index in [1.807, 2.05) is 6.21 Å². The van der Waals surface area contributed by atoms with Crippen LogP contribution >= 0.6 is 0 Å². The number of benzene rings is 1. The molecule has 2 heterocycles. The minimum absolute atomic E-state index is 0.970. The minimum Gasteiger partial charge on any atom is -0.265 e. The van der Waals surface area contributed by atoms with Gasteiger partial charge in [0, 0.05) is 24.2 Å². The topological polar surface area (TPSA) is 19.5 Å². The molecule has 0 saturated carbocycles. The third-order valence-electron chi connectivity index (χ3n) is 3.49. The molecule has 19 heavy (non-hydrogen) atoms. The van der Waals surface area contributed by atoms with Gasteiger partial charge in [0.15, 0.2) is 12.4 Å². The van der Waals surface area contributed by atoms with E-state index in [4.69, 9.17) is 0 Å². The van der Waals surface area contributed by atoms with E-state index in [0.29, 0.717) is 0 Å². The van der Waals surface area contributed by atoms with Crippen molar-refractivity contribution in [2.45, 2.75) is 19.9 Å². The van der Waals surface area contributed by atoms with Crippen molar-refractivity contribution < 1.29 is 4.57 Å². The van der Waals surface area contributed by atoms with Gasteiger partial charge in [0.2, 0.25) is 0 Å². The molecule has 1 aromatic heterocycles. The first kappa shape index (κ1) is 11.9. The Hall–Kier alpha value is -2.16. The van der Waals surface area contributed by atoms with E-state index in [1.165, 1.54) is 11.3 Å². The van der Waals surface area contributed by atoms with Crippen molar-refractivity contribution in [1.29, 1.82) is 0 Å². The number of aryl methyl sites for hydroxylation is 1. The summed E-state index contributed by atoms with van der Waals surface area (Å²) in [6, 6.07) is 12.7. The number of aromatic nitrogens is 1. The van der Waals surface area contributed by atoms with Gasteiger partial charge in [-0.15, -0.1) is 0 Å². The third-order valence-corrected chi connectivity index (χ3v) is 3.49. The Balaban J connectivity index is 1.76. The summed E-state index contributed by atoms with van der Waals surface area (Å²) in [7, 11) is 0. The molecule has 3 nitrogen and oxygen atoms in total. The molecule has 0 unspecified atom stereocenters. The standard InChI is InChI=1S/C16H18N3/c1-2-18-10-7-14(8-11-18)13-17-19-12-9-15-5-3-4-6-16(15)19/h3-8,10-11,13H,2,9,12H2,1H3/q+1. The molecule has 0 radical (unpaired) electrons. The lowest BCUT2D eigenvalue weighted by atomic mass is 10.2. The van der Waals surface area contributed by atoms with E-state index in [0.717, 1.165) is 25.1 Å². The molecular formula is C16H18N3+. The Morgan fingerprint density at radius 2 is 2.00 bits per heavy atom. The van der Waals surface area contributed by atoms with Gasteiger partial charge in [-0.05, 0) is 25.0 Å². The number of nitrogens with zero attached hydrogens (tertiary/aromatic N) is 3. The maximum Gasteiger partial charge on any atom is 0.169 e. The van der Waals surface area contributed by atoms with Crippen LogP contribution in [0.2, 0.25) is 0 Å². The molecule has 3 rings (SSSR count). The molecule has 0 spiro atoms. The molecule has 0 atom stereocenters. The van der Waals surface area contributed by atoms with Gasteiger partial charge in [-0.3, -0.25) is 5.01 Å². The summed E-state index contributed by atoms with van der Waals surface area (Å²) in [6.07, 6.45) is 7.18. The Labute approximate surface area is 113 Å². The lowest BCUT2D eigenvalue weighted by molar-refractivity contribution is -0.693. The number of anilines is 1. The predicted molar refractivity (Wildman–Crippen MR) is 77.4 cm³/mol. The average molecular weight is 252 g/mol. The highest BCUT2D eigenvalue weighted by Gasteiger charge is 2.16. The second-order valence-corrected chi connectivity index (χ2v) is 4.71. The van der Waals surface area contributed by atoms with Gasteiger partial charge in [0.25, 0.3) is 0 Å². The Kier molecular flexibility index (Phi) is 3.27. The van der Waals surface area contributed by atoms with Crippen LogP contribution in [-0.4, -0.2) is 12.8 Å². The van der Waals surface area contributed by atoms with Gasteiger partial charge in [-0.25, -0.2) is 4.57 Å². The number of fused-ring (bicyclic) bond motifs is 1. The van der Waals surface area contributed by atoms with Crippen LogP contribution in [0, 0.1) is 0 Å². The number of hydrazone groups is 1. The highest BCUT2D eigenvalue weighted by Crippen LogP contribution is 2.27. The maximum absolute atomic E-state index is 4.59. The van der Waals surface area contributed by atoms with Gasteiger partial charge >= 0.3 is 0 Å².